The lowest BCUT2D eigenvalue weighted by Crippen LogP contribution is -2.46. The van der Waals surface area contributed by atoms with E-state index in [-0.39, 0.29) is 5.91 Å². The molecule has 4 nitrogen and oxygen atoms in total. The van der Waals surface area contributed by atoms with Crippen LogP contribution >= 0.6 is 11.8 Å². The maximum Gasteiger partial charge on any atom is 0.254 e. The molecule has 0 unspecified atom stereocenters. The van der Waals surface area contributed by atoms with Crippen molar-refractivity contribution < 1.29 is 4.79 Å². The predicted molar refractivity (Wildman–Crippen MR) is 69.4 cm³/mol. The minimum atomic E-state index is 0.117. The summed E-state index contributed by atoms with van der Waals surface area (Å²) in [5, 5.41) is 4.17. The van der Waals surface area contributed by atoms with Gasteiger partial charge in [-0.15, -0.1) is 11.8 Å². The van der Waals surface area contributed by atoms with Gasteiger partial charge in [-0.25, -0.2) is 4.98 Å². The summed E-state index contributed by atoms with van der Waals surface area (Å²) in [6.07, 6.45) is 1.72. The average Bonchev–Trinajstić information content (AvgIpc) is 2.40. The van der Waals surface area contributed by atoms with Crippen LogP contribution in [-0.2, 0) is 0 Å². The zero-order chi connectivity index (χ0) is 12.1. The lowest BCUT2D eigenvalue weighted by Gasteiger charge is -2.27. The minimum Gasteiger partial charge on any atom is -0.336 e. The fourth-order valence-electron chi connectivity index (χ4n) is 1.82. The summed E-state index contributed by atoms with van der Waals surface area (Å²) in [6, 6.07) is 3.68. The van der Waals surface area contributed by atoms with Gasteiger partial charge in [0.2, 0.25) is 0 Å². The third-order valence-corrected chi connectivity index (χ3v) is 3.49. The Balaban J connectivity index is 2.09. The maximum absolute atomic E-state index is 12.2. The Hall–Kier alpha value is -1.07. The Morgan fingerprint density at radius 1 is 1.53 bits per heavy atom. The molecule has 0 spiro atoms. The van der Waals surface area contributed by atoms with Crippen LogP contribution in [0.3, 0.4) is 0 Å². The van der Waals surface area contributed by atoms with Gasteiger partial charge in [0.15, 0.2) is 0 Å². The predicted octanol–water partition coefficient (Wildman–Crippen LogP) is 1.24. The molecule has 2 heterocycles. The van der Waals surface area contributed by atoms with E-state index in [9.17, 15) is 4.79 Å². The van der Waals surface area contributed by atoms with Gasteiger partial charge in [0.1, 0.15) is 0 Å². The van der Waals surface area contributed by atoms with Crippen LogP contribution in [0, 0.1) is 0 Å². The summed E-state index contributed by atoms with van der Waals surface area (Å²) in [5.74, 6) is 1.09. The van der Waals surface area contributed by atoms with Crippen LogP contribution in [0.1, 0.15) is 17.3 Å². The molecule has 1 aromatic heterocycles. The van der Waals surface area contributed by atoms with Gasteiger partial charge >= 0.3 is 0 Å². The normalized spacial score (nSPS) is 15.9. The molecule has 2 rings (SSSR count). The van der Waals surface area contributed by atoms with Gasteiger partial charge in [-0.1, -0.05) is 6.92 Å². The minimum absolute atomic E-state index is 0.117. The molecule has 17 heavy (non-hydrogen) atoms. The Kier molecular flexibility index (Phi) is 4.39. The van der Waals surface area contributed by atoms with E-state index in [0.29, 0.717) is 0 Å². The first-order valence-electron chi connectivity index (χ1n) is 5.90. The van der Waals surface area contributed by atoms with Gasteiger partial charge in [-0.3, -0.25) is 4.79 Å². The maximum atomic E-state index is 12.2. The highest BCUT2D eigenvalue weighted by Gasteiger charge is 2.18. The SMILES string of the molecule is CCSc1cc(C(=O)N2CCNCC2)ccn1. The van der Waals surface area contributed by atoms with Crippen molar-refractivity contribution in [1.29, 1.82) is 0 Å². The monoisotopic (exact) mass is 251 g/mol. The fraction of sp³-hybridized carbons (Fsp3) is 0.500. The molecule has 1 aromatic rings. The van der Waals surface area contributed by atoms with Crippen LogP contribution in [0.5, 0.6) is 0 Å². The number of amides is 1. The molecule has 92 valence electrons. The molecule has 0 bridgehead atoms. The first-order chi connectivity index (χ1) is 8.31. The highest BCUT2D eigenvalue weighted by Crippen LogP contribution is 2.16. The number of carbonyl (C=O) groups excluding carboxylic acids is 1. The molecule has 0 aromatic carbocycles. The topological polar surface area (TPSA) is 45.2 Å². The number of rotatable bonds is 3. The summed E-state index contributed by atoms with van der Waals surface area (Å²) < 4.78 is 0. The van der Waals surface area contributed by atoms with Crippen molar-refractivity contribution >= 4 is 17.7 Å². The first kappa shape index (κ1) is 12.4. The molecule has 0 atom stereocenters. The summed E-state index contributed by atoms with van der Waals surface area (Å²) in [7, 11) is 0. The van der Waals surface area contributed by atoms with E-state index in [4.69, 9.17) is 0 Å². The smallest absolute Gasteiger partial charge is 0.254 e. The Morgan fingerprint density at radius 2 is 2.29 bits per heavy atom. The van der Waals surface area contributed by atoms with Gasteiger partial charge < -0.3 is 10.2 Å². The van der Waals surface area contributed by atoms with E-state index < -0.39 is 0 Å². The fourth-order valence-corrected chi connectivity index (χ4v) is 2.46. The Labute approximate surface area is 106 Å². The summed E-state index contributed by atoms with van der Waals surface area (Å²) in [4.78, 5) is 18.3. The van der Waals surface area contributed by atoms with Crippen molar-refractivity contribution in [1.82, 2.24) is 15.2 Å². The first-order valence-corrected chi connectivity index (χ1v) is 6.88. The molecular formula is C12H17N3OS. The van der Waals surface area contributed by atoms with Gasteiger partial charge in [-0.2, -0.15) is 0 Å². The Morgan fingerprint density at radius 3 is 3.00 bits per heavy atom. The number of hydrogen-bond acceptors (Lipinski definition) is 4. The number of nitrogens with one attached hydrogen (secondary N) is 1. The average molecular weight is 251 g/mol. The highest BCUT2D eigenvalue weighted by atomic mass is 32.2. The number of pyridine rings is 1. The van der Waals surface area contributed by atoms with E-state index >= 15 is 0 Å². The van der Waals surface area contributed by atoms with Gasteiger partial charge in [0.05, 0.1) is 5.03 Å². The standard InChI is InChI=1S/C12H17N3OS/c1-2-17-11-9-10(3-4-14-11)12(16)15-7-5-13-6-8-15/h3-4,9,13H,2,5-8H2,1H3. The zero-order valence-electron chi connectivity index (χ0n) is 9.98. The second kappa shape index (κ2) is 6.02. The van der Waals surface area contributed by atoms with Crippen LogP contribution < -0.4 is 5.32 Å². The molecule has 0 saturated carbocycles. The molecule has 0 radical (unpaired) electrons. The lowest BCUT2D eigenvalue weighted by molar-refractivity contribution is 0.0735. The van der Waals surface area contributed by atoms with Crippen molar-refractivity contribution in [3.63, 3.8) is 0 Å². The van der Waals surface area contributed by atoms with Gasteiger partial charge in [0.25, 0.3) is 5.91 Å². The molecule has 5 heteroatoms. The van der Waals surface area contributed by atoms with E-state index in [0.717, 1.165) is 42.5 Å². The molecular weight excluding hydrogens is 234 g/mol. The van der Waals surface area contributed by atoms with Crippen molar-refractivity contribution in [3.8, 4) is 0 Å². The quantitative estimate of drug-likeness (QED) is 0.821. The largest absolute Gasteiger partial charge is 0.336 e. The van der Waals surface area contributed by atoms with E-state index in [1.54, 1.807) is 24.0 Å². The summed E-state index contributed by atoms with van der Waals surface area (Å²) >= 11 is 1.66. The third kappa shape index (κ3) is 3.20. The molecule has 1 aliphatic heterocycles. The van der Waals surface area contributed by atoms with E-state index in [1.165, 1.54) is 0 Å². The van der Waals surface area contributed by atoms with Crippen LogP contribution in [0.2, 0.25) is 0 Å². The van der Waals surface area contributed by atoms with Crippen LogP contribution in [-0.4, -0.2) is 47.7 Å². The second-order valence-corrected chi connectivity index (χ2v) is 5.14. The van der Waals surface area contributed by atoms with Crippen LogP contribution in [0.4, 0.5) is 0 Å². The van der Waals surface area contributed by atoms with Gasteiger partial charge in [-0.05, 0) is 17.9 Å². The number of thioether (sulfide) groups is 1. The van der Waals surface area contributed by atoms with Crippen molar-refractivity contribution in [2.45, 2.75) is 11.9 Å². The summed E-state index contributed by atoms with van der Waals surface area (Å²) in [5.41, 5.74) is 0.748. The number of nitrogens with zero attached hydrogens (tertiary/aromatic N) is 2. The number of hydrogen-bond donors (Lipinski definition) is 1. The molecule has 1 fully saturated rings. The van der Waals surface area contributed by atoms with Crippen molar-refractivity contribution in [2.75, 3.05) is 31.9 Å². The van der Waals surface area contributed by atoms with Crippen molar-refractivity contribution in [3.05, 3.63) is 23.9 Å². The zero-order valence-corrected chi connectivity index (χ0v) is 10.8. The van der Waals surface area contributed by atoms with Crippen LogP contribution in [0.25, 0.3) is 0 Å². The van der Waals surface area contributed by atoms with Crippen LogP contribution in [0.15, 0.2) is 23.4 Å². The number of carbonyl (C=O) groups is 1. The second-order valence-electron chi connectivity index (χ2n) is 3.86. The highest BCUT2D eigenvalue weighted by molar-refractivity contribution is 7.99. The third-order valence-electron chi connectivity index (χ3n) is 2.68. The van der Waals surface area contributed by atoms with E-state index in [1.807, 2.05) is 11.0 Å². The number of piperazine rings is 1. The van der Waals surface area contributed by atoms with Gasteiger partial charge in [0, 0.05) is 37.9 Å². The number of aromatic nitrogens is 1. The van der Waals surface area contributed by atoms with E-state index in [2.05, 4.69) is 17.2 Å². The summed E-state index contributed by atoms with van der Waals surface area (Å²) in [6.45, 7) is 5.42. The molecule has 1 amide bonds. The van der Waals surface area contributed by atoms with Crippen molar-refractivity contribution in [2.24, 2.45) is 0 Å². The molecule has 1 saturated heterocycles. The molecule has 1 aliphatic rings. The molecule has 1 N–H and O–H groups in total. The molecule has 0 aliphatic carbocycles. The Bertz CT molecular complexity index is 391. The lowest BCUT2D eigenvalue weighted by atomic mass is 10.2.